The van der Waals surface area contributed by atoms with Crippen LogP contribution in [0.25, 0.3) is 16.7 Å². The van der Waals surface area contributed by atoms with Crippen LogP contribution in [-0.4, -0.2) is 72.5 Å². The number of aromatic amines is 1. The Kier molecular flexibility index (Phi) is 8.69. The molecule has 1 aliphatic heterocycles. The molecule has 1 saturated heterocycles. The first-order chi connectivity index (χ1) is 19.5. The summed E-state index contributed by atoms with van der Waals surface area (Å²) in [7, 11) is -4.04. The van der Waals surface area contributed by atoms with Crippen molar-refractivity contribution in [2.45, 2.75) is 31.1 Å². The van der Waals surface area contributed by atoms with Crippen molar-refractivity contribution in [3.63, 3.8) is 0 Å². The summed E-state index contributed by atoms with van der Waals surface area (Å²) in [5, 5.41) is 10.2. The van der Waals surface area contributed by atoms with Crippen LogP contribution in [0, 0.1) is 0 Å². The van der Waals surface area contributed by atoms with Crippen molar-refractivity contribution >= 4 is 44.3 Å². The molecule has 0 aliphatic carbocycles. The van der Waals surface area contributed by atoms with E-state index in [4.69, 9.17) is 42.8 Å². The van der Waals surface area contributed by atoms with Gasteiger partial charge in [0.15, 0.2) is 5.65 Å². The molecule has 0 radical (unpaired) electrons. The third kappa shape index (κ3) is 6.58. The van der Waals surface area contributed by atoms with Gasteiger partial charge in [0.25, 0.3) is 5.56 Å². The first-order valence-electron chi connectivity index (χ1n) is 13.1. The molecule has 1 fully saturated rings. The lowest BCUT2D eigenvalue weighted by molar-refractivity contribution is 0.0322. The Morgan fingerprint density at radius 2 is 1.78 bits per heavy atom. The molecule has 14 heteroatoms. The molecule has 218 valence electrons. The first kappa shape index (κ1) is 29.5. The second-order valence-electron chi connectivity index (χ2n) is 10.1. The predicted molar refractivity (Wildman–Crippen MR) is 157 cm³/mol. The number of morpholine rings is 1. The molecule has 0 bridgehead atoms. The molecule has 3 heterocycles. The van der Waals surface area contributed by atoms with Gasteiger partial charge in [0.05, 0.1) is 33.8 Å². The molecule has 0 amide bonds. The van der Waals surface area contributed by atoms with Crippen molar-refractivity contribution in [2.24, 2.45) is 5.14 Å². The van der Waals surface area contributed by atoms with Crippen molar-refractivity contribution in [1.82, 2.24) is 24.6 Å². The number of nitrogens with zero attached hydrogens (tertiary/aromatic N) is 4. The van der Waals surface area contributed by atoms with E-state index in [9.17, 15) is 13.2 Å². The fourth-order valence-electron chi connectivity index (χ4n) is 4.66. The Morgan fingerprint density at radius 1 is 1.12 bits per heavy atom. The maximum Gasteiger partial charge on any atom is 0.262 e. The van der Waals surface area contributed by atoms with Gasteiger partial charge in [-0.15, -0.1) is 0 Å². The average Bonchev–Trinajstić information content (AvgIpc) is 3.29. The minimum atomic E-state index is -4.04. The Bertz CT molecular complexity index is 1710. The normalized spacial score (nSPS) is 14.7. The predicted octanol–water partition coefficient (Wildman–Crippen LogP) is 3.49. The van der Waals surface area contributed by atoms with Gasteiger partial charge in [0.2, 0.25) is 10.0 Å². The summed E-state index contributed by atoms with van der Waals surface area (Å²) in [6.07, 6.45) is 0.341. The maximum absolute atomic E-state index is 13.3. The van der Waals surface area contributed by atoms with Crippen LogP contribution in [0.15, 0.2) is 46.1 Å². The van der Waals surface area contributed by atoms with Gasteiger partial charge in [-0.1, -0.05) is 49.2 Å². The first-order valence-corrected chi connectivity index (χ1v) is 15.4. The van der Waals surface area contributed by atoms with E-state index in [1.165, 1.54) is 16.8 Å². The van der Waals surface area contributed by atoms with Crippen molar-refractivity contribution in [3.05, 3.63) is 73.9 Å². The van der Waals surface area contributed by atoms with E-state index in [-0.39, 0.29) is 37.8 Å². The number of fused-ring (bicyclic) bond motifs is 1. The summed E-state index contributed by atoms with van der Waals surface area (Å²) in [4.78, 5) is 22.9. The fourth-order valence-corrected chi connectivity index (χ4v) is 6.00. The van der Waals surface area contributed by atoms with E-state index in [0.29, 0.717) is 29.9 Å². The molecule has 4 aromatic rings. The molecule has 2 aromatic heterocycles. The summed E-state index contributed by atoms with van der Waals surface area (Å²) in [5.74, 6) is 1.05. The molecule has 0 atom stereocenters. The second kappa shape index (κ2) is 12.1. The van der Waals surface area contributed by atoms with E-state index in [0.717, 1.165) is 44.2 Å². The number of benzene rings is 2. The summed E-state index contributed by atoms with van der Waals surface area (Å²) < 4.78 is 36.4. The average molecular weight is 622 g/mol. The number of sulfonamides is 1. The minimum absolute atomic E-state index is 0.00549. The SMILES string of the molecule is CC(C)c1nn(-c2c(Cl)cc(S(N)(=O)=O)cc2Cl)c2nc(Cc3ccc(OCCN4CCOCC4)cc3)[nH]c(=O)c12. The zero-order valence-electron chi connectivity index (χ0n) is 22.6. The number of ether oxygens (including phenoxy) is 2. The largest absolute Gasteiger partial charge is 0.492 e. The van der Waals surface area contributed by atoms with E-state index in [1.807, 2.05) is 38.1 Å². The summed E-state index contributed by atoms with van der Waals surface area (Å²) in [5.41, 5.74) is 1.51. The third-order valence-electron chi connectivity index (χ3n) is 6.77. The van der Waals surface area contributed by atoms with Crippen LogP contribution in [0.5, 0.6) is 5.75 Å². The van der Waals surface area contributed by atoms with Crippen molar-refractivity contribution < 1.29 is 17.9 Å². The maximum atomic E-state index is 13.3. The second-order valence-corrected chi connectivity index (χ2v) is 12.4. The number of hydrogen-bond donors (Lipinski definition) is 2. The highest BCUT2D eigenvalue weighted by molar-refractivity contribution is 7.89. The molecule has 0 spiro atoms. The molecular formula is C27H30Cl2N6O5S. The molecule has 0 unspecified atom stereocenters. The molecule has 3 N–H and O–H groups in total. The Morgan fingerprint density at radius 3 is 2.39 bits per heavy atom. The van der Waals surface area contributed by atoms with Gasteiger partial charge >= 0.3 is 0 Å². The van der Waals surface area contributed by atoms with E-state index in [1.54, 1.807) is 0 Å². The fraction of sp³-hybridized carbons (Fsp3) is 0.370. The number of nitrogens with two attached hydrogens (primary N) is 1. The lowest BCUT2D eigenvalue weighted by Gasteiger charge is -2.26. The minimum Gasteiger partial charge on any atom is -0.492 e. The van der Waals surface area contributed by atoms with Crippen molar-refractivity contribution in [2.75, 3.05) is 39.5 Å². The van der Waals surface area contributed by atoms with Crippen molar-refractivity contribution in [3.8, 4) is 11.4 Å². The van der Waals surface area contributed by atoms with E-state index < -0.39 is 10.0 Å². The summed E-state index contributed by atoms with van der Waals surface area (Å²) >= 11 is 12.9. The summed E-state index contributed by atoms with van der Waals surface area (Å²) in [6, 6.07) is 10.0. The van der Waals surface area contributed by atoms with Gasteiger partial charge in [0.1, 0.15) is 29.3 Å². The zero-order chi connectivity index (χ0) is 29.3. The quantitative estimate of drug-likeness (QED) is 0.289. The molecule has 0 saturated carbocycles. The highest BCUT2D eigenvalue weighted by Crippen LogP contribution is 2.34. The zero-order valence-corrected chi connectivity index (χ0v) is 24.9. The Balaban J connectivity index is 1.43. The van der Waals surface area contributed by atoms with Gasteiger partial charge < -0.3 is 14.5 Å². The van der Waals surface area contributed by atoms with Gasteiger partial charge in [-0.3, -0.25) is 9.69 Å². The number of hydrogen-bond acceptors (Lipinski definition) is 8. The molecule has 11 nitrogen and oxygen atoms in total. The van der Waals surface area contributed by atoms with Crippen LogP contribution < -0.4 is 15.4 Å². The monoisotopic (exact) mass is 620 g/mol. The number of aromatic nitrogens is 4. The third-order valence-corrected chi connectivity index (χ3v) is 8.24. The molecule has 5 rings (SSSR count). The van der Waals surface area contributed by atoms with Crippen LogP contribution in [0.1, 0.15) is 36.8 Å². The number of nitrogens with one attached hydrogen (secondary N) is 1. The molecular weight excluding hydrogens is 591 g/mol. The topological polar surface area (TPSA) is 145 Å². The van der Waals surface area contributed by atoms with Gasteiger partial charge in [-0.05, 0) is 35.7 Å². The van der Waals surface area contributed by atoms with Crippen LogP contribution in [0.2, 0.25) is 10.0 Å². The molecule has 1 aliphatic rings. The number of H-pyrrole nitrogens is 1. The highest BCUT2D eigenvalue weighted by Gasteiger charge is 2.24. The standard InChI is InChI=1S/C27H30Cl2N6O5S/c1-16(2)24-23-26(35(33-24)25-20(28)14-19(15-21(25)29)41(30,37)38)31-22(32-27(23)36)13-17-3-5-18(6-4-17)40-12-9-34-7-10-39-11-8-34/h3-6,14-16H,7-13H2,1-2H3,(H2,30,37,38)(H,31,32,36). The number of halogens is 2. The Hall–Kier alpha value is -3.00. The van der Waals surface area contributed by atoms with Gasteiger partial charge in [-0.25, -0.2) is 23.2 Å². The number of rotatable bonds is 9. The van der Waals surface area contributed by atoms with Crippen LogP contribution >= 0.6 is 23.2 Å². The number of primary sulfonamides is 1. The van der Waals surface area contributed by atoms with E-state index >= 15 is 0 Å². The van der Waals surface area contributed by atoms with Crippen LogP contribution in [0.3, 0.4) is 0 Å². The van der Waals surface area contributed by atoms with Crippen molar-refractivity contribution in [1.29, 1.82) is 0 Å². The van der Waals surface area contributed by atoms with Gasteiger partial charge in [-0.2, -0.15) is 5.10 Å². The molecule has 41 heavy (non-hydrogen) atoms. The van der Waals surface area contributed by atoms with Gasteiger partial charge in [0, 0.05) is 26.1 Å². The van der Waals surface area contributed by atoms with E-state index in [2.05, 4.69) is 15.0 Å². The van der Waals surface area contributed by atoms with Crippen LogP contribution in [-0.2, 0) is 21.2 Å². The Labute approximate surface area is 247 Å². The molecule has 2 aromatic carbocycles. The highest BCUT2D eigenvalue weighted by atomic mass is 35.5. The van der Waals surface area contributed by atoms with Crippen LogP contribution in [0.4, 0.5) is 0 Å². The summed E-state index contributed by atoms with van der Waals surface area (Å²) in [6.45, 7) is 8.54. The smallest absolute Gasteiger partial charge is 0.262 e. The lowest BCUT2D eigenvalue weighted by Crippen LogP contribution is -2.38. The lowest BCUT2D eigenvalue weighted by atomic mass is 10.1.